The van der Waals surface area contributed by atoms with E-state index in [0.29, 0.717) is 28.1 Å². The molecule has 0 fully saturated rings. The molecule has 8 rings (SSSR count). The Hall–Kier alpha value is -7.84. The van der Waals surface area contributed by atoms with Crippen LogP contribution in [0, 0.1) is 29.1 Å². The summed E-state index contributed by atoms with van der Waals surface area (Å²) in [5.41, 5.74) is -0.124. The molecule has 0 saturated heterocycles. The number of halogens is 10. The molecule has 0 aliphatic heterocycles. The maximum atomic E-state index is 14.5. The van der Waals surface area contributed by atoms with Crippen LogP contribution in [-0.4, -0.2) is 32.0 Å². The molecule has 0 unspecified atom stereocenters. The van der Waals surface area contributed by atoms with Crippen LogP contribution in [0.25, 0.3) is 22.1 Å². The van der Waals surface area contributed by atoms with Gasteiger partial charge in [-0.25, -0.2) is 22.8 Å². The van der Waals surface area contributed by atoms with Crippen molar-refractivity contribution in [2.24, 2.45) is 0 Å². The summed E-state index contributed by atoms with van der Waals surface area (Å²) in [7, 11) is 0. The van der Waals surface area contributed by atoms with E-state index in [1.54, 1.807) is 18.2 Å². The van der Waals surface area contributed by atoms with Gasteiger partial charge in [0, 0.05) is 48.3 Å². The number of urea groups is 2. The molecule has 0 atom stereocenters. The van der Waals surface area contributed by atoms with Gasteiger partial charge in [-0.3, -0.25) is 19.9 Å². The fourth-order valence-electron chi connectivity index (χ4n) is 5.64. The number of ether oxygens (including phenoxy) is 2. The van der Waals surface area contributed by atoms with Crippen molar-refractivity contribution in [3.05, 3.63) is 167 Å². The molecule has 4 amide bonds. The Bertz CT molecular complexity index is 3110. The number of hydrogen-bond acceptors (Lipinski definition) is 8. The van der Waals surface area contributed by atoms with Gasteiger partial charge >= 0.3 is 18.2 Å². The highest BCUT2D eigenvalue weighted by molar-refractivity contribution is 6.31. The minimum absolute atomic E-state index is 0.0830. The van der Waals surface area contributed by atoms with Gasteiger partial charge in [0.2, 0.25) is 11.6 Å². The maximum Gasteiger partial charge on any atom is 0.417 e. The number of nitrogens with one attached hydrogen (secondary N) is 4. The van der Waals surface area contributed by atoms with E-state index in [1.165, 1.54) is 55.1 Å². The van der Waals surface area contributed by atoms with Crippen molar-refractivity contribution in [2.45, 2.75) is 6.18 Å². The zero-order valence-corrected chi connectivity index (χ0v) is 33.8. The number of amides is 4. The number of hydrogen-bond donors (Lipinski definition) is 4. The van der Waals surface area contributed by atoms with E-state index < -0.39 is 75.0 Å². The number of nitrogens with zero attached hydrogens (tertiary/aromatic N) is 4. The lowest BCUT2D eigenvalue weighted by Crippen LogP contribution is -2.21. The summed E-state index contributed by atoms with van der Waals surface area (Å²) in [4.78, 5) is 40.6. The lowest BCUT2D eigenvalue weighted by atomic mass is 10.2. The Morgan fingerprint density at radius 1 is 0.477 bits per heavy atom. The highest BCUT2D eigenvalue weighted by atomic mass is 35.5. The van der Waals surface area contributed by atoms with E-state index in [9.17, 15) is 44.7 Å². The molecule has 0 saturated carbocycles. The second-order valence-corrected chi connectivity index (χ2v) is 13.9. The number of aromatic nitrogens is 4. The third-order valence-electron chi connectivity index (χ3n) is 8.63. The number of carbonyl (C=O) groups excluding carboxylic acids is 2. The van der Waals surface area contributed by atoms with Crippen molar-refractivity contribution >= 4 is 80.1 Å². The van der Waals surface area contributed by atoms with Crippen molar-refractivity contribution in [3.63, 3.8) is 0 Å². The molecule has 0 aliphatic rings. The molecule has 0 spiro atoms. The van der Waals surface area contributed by atoms with Crippen molar-refractivity contribution in [2.75, 3.05) is 21.3 Å². The van der Waals surface area contributed by atoms with Crippen LogP contribution in [-0.2, 0) is 6.18 Å². The highest BCUT2D eigenvalue weighted by Crippen LogP contribution is 2.37. The molecular formula is C43H24Cl2F8N8O4. The molecular weight excluding hydrogens is 915 g/mol. The van der Waals surface area contributed by atoms with Gasteiger partial charge in [0.1, 0.15) is 17.3 Å². The van der Waals surface area contributed by atoms with Gasteiger partial charge in [0.25, 0.3) is 0 Å². The lowest BCUT2D eigenvalue weighted by Gasteiger charge is -2.13. The third-order valence-corrected chi connectivity index (χ3v) is 9.27. The quantitative estimate of drug-likeness (QED) is 0.110. The molecule has 6 aromatic carbocycles. The molecule has 0 bridgehead atoms. The smallest absolute Gasteiger partial charge is 0.417 e. The largest absolute Gasteiger partial charge is 0.454 e. The molecule has 4 N–H and O–H groups in total. The van der Waals surface area contributed by atoms with E-state index in [4.69, 9.17) is 32.7 Å². The minimum Gasteiger partial charge on any atom is -0.454 e. The second-order valence-electron chi connectivity index (χ2n) is 13.1. The summed E-state index contributed by atoms with van der Waals surface area (Å²) in [6.45, 7) is 0. The summed E-state index contributed by atoms with van der Waals surface area (Å²) >= 11 is 11.1. The fourth-order valence-corrected chi connectivity index (χ4v) is 5.99. The molecule has 2 aromatic heterocycles. The topological polar surface area (TPSA) is 152 Å². The summed E-state index contributed by atoms with van der Waals surface area (Å²) in [6, 6.07) is 18.0. The Labute approximate surface area is 370 Å². The number of carbonyl (C=O) groups is 2. The third kappa shape index (κ3) is 11.0. The van der Waals surface area contributed by atoms with Crippen LogP contribution in [0.1, 0.15) is 5.56 Å². The van der Waals surface area contributed by atoms with Gasteiger partial charge < -0.3 is 30.7 Å². The van der Waals surface area contributed by atoms with E-state index in [0.717, 1.165) is 42.5 Å². The molecule has 330 valence electrons. The van der Waals surface area contributed by atoms with Gasteiger partial charge in [0.05, 0.1) is 49.1 Å². The molecule has 8 aromatic rings. The molecule has 12 nitrogen and oxygen atoms in total. The molecule has 2 heterocycles. The summed E-state index contributed by atoms with van der Waals surface area (Å²) in [5, 5.41) is 7.92. The van der Waals surface area contributed by atoms with Crippen LogP contribution in [0.4, 0.5) is 67.5 Å². The molecule has 0 radical (unpaired) electrons. The van der Waals surface area contributed by atoms with Crippen LogP contribution in [0.3, 0.4) is 0 Å². The van der Waals surface area contributed by atoms with Gasteiger partial charge in [-0.15, -0.1) is 0 Å². The Balaban J connectivity index is 0.000000195. The van der Waals surface area contributed by atoms with Crippen LogP contribution < -0.4 is 30.7 Å². The first kappa shape index (κ1) is 45.2. The number of benzene rings is 6. The first-order valence-electron chi connectivity index (χ1n) is 18.2. The standard InChI is InChI=1S/C22H12ClF5N4O2.C21H12ClF3N4O2/c23-14-3-1-11(9-13(14)22(26,27)28)31-21(33)32-16-5-6-18(20(25)19(16)24)34-12-2-4-15-17(10-12)30-8-7-29-15;22-13-3-1-11(9-14(13)23)28-21(30)29-16-5-6-18(20(25)19(16)24)31-12-2-4-15-17(10-12)27-8-7-26-15/h1-10H,(H2,31,32,33);1-10H,(H2,28,29,30). The van der Waals surface area contributed by atoms with E-state index in [-0.39, 0.29) is 33.6 Å². The SMILES string of the molecule is O=C(Nc1ccc(Cl)c(C(F)(F)F)c1)Nc1ccc(Oc2ccc3nccnc3c2)c(F)c1F.O=C(Nc1ccc(Cl)c(F)c1)Nc1ccc(Oc2ccc3nccnc3c2)c(F)c1F. The van der Waals surface area contributed by atoms with Crippen molar-refractivity contribution in [3.8, 4) is 23.0 Å². The van der Waals surface area contributed by atoms with Gasteiger partial charge in [-0.2, -0.15) is 22.0 Å². The minimum atomic E-state index is -4.74. The van der Waals surface area contributed by atoms with Crippen LogP contribution in [0.15, 0.2) is 122 Å². The average Bonchev–Trinajstić information content (AvgIpc) is 3.28. The predicted octanol–water partition coefficient (Wildman–Crippen LogP) is 13.2. The highest BCUT2D eigenvalue weighted by Gasteiger charge is 2.33. The Morgan fingerprint density at radius 3 is 1.35 bits per heavy atom. The summed E-state index contributed by atoms with van der Waals surface area (Å²) in [5.74, 6) is -6.61. The average molecular weight is 940 g/mol. The second kappa shape index (κ2) is 19.3. The first-order chi connectivity index (χ1) is 31.0. The molecule has 0 aliphatic carbocycles. The maximum absolute atomic E-state index is 14.5. The fraction of sp³-hybridized carbons (Fsp3) is 0.0233. The van der Waals surface area contributed by atoms with Crippen LogP contribution in [0.2, 0.25) is 10.0 Å². The normalized spacial score (nSPS) is 11.0. The lowest BCUT2D eigenvalue weighted by molar-refractivity contribution is -0.137. The number of fused-ring (bicyclic) bond motifs is 2. The van der Waals surface area contributed by atoms with Gasteiger partial charge in [-0.1, -0.05) is 23.2 Å². The molecule has 65 heavy (non-hydrogen) atoms. The number of anilines is 4. The predicted molar refractivity (Wildman–Crippen MR) is 225 cm³/mol. The van der Waals surface area contributed by atoms with Crippen LogP contribution >= 0.6 is 23.2 Å². The van der Waals surface area contributed by atoms with Crippen molar-refractivity contribution in [1.82, 2.24) is 19.9 Å². The van der Waals surface area contributed by atoms with E-state index in [2.05, 4.69) is 35.9 Å². The number of alkyl halides is 3. The summed E-state index contributed by atoms with van der Waals surface area (Å²) < 4.78 is 121. The number of rotatable bonds is 8. The van der Waals surface area contributed by atoms with Gasteiger partial charge in [0.15, 0.2) is 23.1 Å². The van der Waals surface area contributed by atoms with Crippen molar-refractivity contribution in [1.29, 1.82) is 0 Å². The van der Waals surface area contributed by atoms with E-state index >= 15 is 0 Å². The Morgan fingerprint density at radius 2 is 0.908 bits per heavy atom. The van der Waals surface area contributed by atoms with Crippen molar-refractivity contribution < 1.29 is 54.2 Å². The van der Waals surface area contributed by atoms with Gasteiger partial charge in [-0.05, 0) is 84.9 Å². The monoisotopic (exact) mass is 938 g/mol. The zero-order valence-electron chi connectivity index (χ0n) is 32.2. The summed E-state index contributed by atoms with van der Waals surface area (Å²) in [6.07, 6.45) is 1.25. The Kier molecular flexibility index (Phi) is 13.4. The first-order valence-corrected chi connectivity index (χ1v) is 19.0. The van der Waals surface area contributed by atoms with Crippen LogP contribution in [0.5, 0.6) is 23.0 Å². The molecule has 22 heteroatoms. The zero-order chi connectivity index (χ0) is 46.4. The van der Waals surface area contributed by atoms with E-state index in [1.807, 2.05) is 5.32 Å².